The van der Waals surface area contributed by atoms with Gasteiger partial charge in [0.1, 0.15) is 12.4 Å². The number of benzene rings is 2. The van der Waals surface area contributed by atoms with Crippen molar-refractivity contribution in [3.8, 4) is 17.0 Å². The van der Waals surface area contributed by atoms with Gasteiger partial charge in [0.15, 0.2) is 0 Å². The summed E-state index contributed by atoms with van der Waals surface area (Å²) in [6.45, 7) is 2.53. The van der Waals surface area contributed by atoms with E-state index in [1.165, 1.54) is 6.92 Å². The number of anilines is 2. The van der Waals surface area contributed by atoms with E-state index in [1.54, 1.807) is 0 Å². The van der Waals surface area contributed by atoms with Gasteiger partial charge in [0, 0.05) is 35.5 Å². The summed E-state index contributed by atoms with van der Waals surface area (Å²) in [6, 6.07) is 15.4. The van der Waals surface area contributed by atoms with E-state index in [1.807, 2.05) is 53.2 Å². The molecule has 1 aliphatic heterocycles. The Morgan fingerprint density at radius 2 is 2.12 bits per heavy atom. The third-order valence-electron chi connectivity index (χ3n) is 4.13. The quantitative estimate of drug-likeness (QED) is 0.706. The summed E-state index contributed by atoms with van der Waals surface area (Å²) in [7, 11) is 0. The predicted molar refractivity (Wildman–Crippen MR) is 96.3 cm³/mol. The van der Waals surface area contributed by atoms with Crippen LogP contribution >= 0.6 is 0 Å². The Bertz CT molecular complexity index is 962. The van der Waals surface area contributed by atoms with Gasteiger partial charge in [0.05, 0.1) is 17.9 Å². The van der Waals surface area contributed by atoms with Crippen LogP contribution in [0.4, 0.5) is 11.4 Å². The van der Waals surface area contributed by atoms with Crippen LogP contribution in [0, 0.1) is 0 Å². The number of hydrogen-bond acceptors (Lipinski definition) is 4. The average molecular weight is 334 g/mol. The molecule has 1 aromatic heterocycles. The number of nitrogen functional groups attached to an aromatic ring is 1. The van der Waals surface area contributed by atoms with Crippen LogP contribution in [0.25, 0.3) is 11.3 Å². The molecule has 2 heterocycles. The summed E-state index contributed by atoms with van der Waals surface area (Å²) < 4.78 is 7.88. The summed E-state index contributed by atoms with van der Waals surface area (Å²) in [6.07, 6.45) is 0. The fourth-order valence-corrected chi connectivity index (χ4v) is 2.96. The average Bonchev–Trinajstić information content (AvgIpc) is 2.89. The fourth-order valence-electron chi connectivity index (χ4n) is 2.96. The molecule has 1 aliphatic rings. The van der Waals surface area contributed by atoms with E-state index in [2.05, 4.69) is 5.32 Å². The van der Waals surface area contributed by atoms with Gasteiger partial charge in [-0.25, -0.2) is 0 Å². The van der Waals surface area contributed by atoms with Crippen LogP contribution in [0.3, 0.4) is 0 Å². The summed E-state index contributed by atoms with van der Waals surface area (Å²) >= 11 is 0. The summed E-state index contributed by atoms with van der Waals surface area (Å²) in [5.41, 5.74) is 11.2. The van der Waals surface area contributed by atoms with Crippen LogP contribution in [0.1, 0.15) is 18.2 Å². The molecule has 0 saturated carbocycles. The molecule has 0 bridgehead atoms. The maximum Gasteiger partial charge on any atom is 0.221 e. The highest BCUT2D eigenvalue weighted by atomic mass is 16.5. The van der Waals surface area contributed by atoms with Crippen molar-refractivity contribution < 1.29 is 9.53 Å². The Morgan fingerprint density at radius 1 is 1.24 bits per heavy atom. The molecule has 0 unspecified atom stereocenters. The molecule has 1 amide bonds. The predicted octanol–water partition coefficient (Wildman–Crippen LogP) is 3.03. The van der Waals surface area contributed by atoms with Gasteiger partial charge in [-0.1, -0.05) is 18.2 Å². The number of carbonyl (C=O) groups is 1. The summed E-state index contributed by atoms with van der Waals surface area (Å²) in [5, 5.41) is 7.48. The van der Waals surface area contributed by atoms with Crippen LogP contribution in [0.2, 0.25) is 0 Å². The molecule has 3 N–H and O–H groups in total. The zero-order valence-corrected chi connectivity index (χ0v) is 13.8. The first-order valence-corrected chi connectivity index (χ1v) is 8.04. The monoisotopic (exact) mass is 334 g/mol. The smallest absolute Gasteiger partial charge is 0.221 e. The van der Waals surface area contributed by atoms with E-state index < -0.39 is 0 Å². The lowest BCUT2D eigenvalue weighted by atomic mass is 10.1. The van der Waals surface area contributed by atoms with Gasteiger partial charge in [-0.3, -0.25) is 9.48 Å². The van der Waals surface area contributed by atoms with E-state index in [9.17, 15) is 4.79 Å². The number of nitrogens with one attached hydrogen (secondary N) is 1. The van der Waals surface area contributed by atoms with Gasteiger partial charge in [0.2, 0.25) is 5.91 Å². The molecule has 0 saturated heterocycles. The van der Waals surface area contributed by atoms with Crippen molar-refractivity contribution in [3.63, 3.8) is 0 Å². The number of rotatable bonds is 2. The van der Waals surface area contributed by atoms with Crippen LogP contribution in [-0.2, 0) is 17.9 Å². The molecule has 4 rings (SSSR count). The second kappa shape index (κ2) is 5.98. The lowest BCUT2D eigenvalue weighted by Crippen LogP contribution is -2.06. The van der Waals surface area contributed by atoms with E-state index in [4.69, 9.17) is 15.6 Å². The van der Waals surface area contributed by atoms with Gasteiger partial charge >= 0.3 is 0 Å². The van der Waals surface area contributed by atoms with Gasteiger partial charge in [-0.15, -0.1) is 0 Å². The van der Waals surface area contributed by atoms with Gasteiger partial charge < -0.3 is 15.8 Å². The Balaban J connectivity index is 1.65. The summed E-state index contributed by atoms with van der Waals surface area (Å²) in [4.78, 5) is 11.2. The lowest BCUT2D eigenvalue weighted by molar-refractivity contribution is -0.114. The van der Waals surface area contributed by atoms with Gasteiger partial charge in [-0.2, -0.15) is 5.10 Å². The molecule has 0 spiro atoms. The molecule has 3 aromatic rings. The molecule has 0 radical (unpaired) electrons. The third kappa shape index (κ3) is 3.06. The zero-order valence-electron chi connectivity index (χ0n) is 13.8. The van der Waals surface area contributed by atoms with Crippen LogP contribution in [-0.4, -0.2) is 15.7 Å². The minimum atomic E-state index is -0.103. The minimum Gasteiger partial charge on any atom is -0.487 e. The van der Waals surface area contributed by atoms with E-state index >= 15 is 0 Å². The standard InChI is InChI=1S/C19H18N4O2/c1-12(24)21-16-6-5-14-10-23-17(11-25-19(14)8-16)9-18(22-23)13-3-2-4-15(20)7-13/h2-9H,10-11,20H2,1H3,(H,21,24). The molecule has 126 valence electrons. The third-order valence-corrected chi connectivity index (χ3v) is 4.13. The first kappa shape index (κ1) is 15.3. The van der Waals surface area contributed by atoms with Crippen LogP contribution < -0.4 is 15.8 Å². The largest absolute Gasteiger partial charge is 0.487 e. The Labute approximate surface area is 145 Å². The molecule has 0 fully saturated rings. The number of ether oxygens (including phenoxy) is 1. The van der Waals surface area contributed by atoms with E-state index in [0.29, 0.717) is 18.8 Å². The topological polar surface area (TPSA) is 82.2 Å². The number of aromatic nitrogens is 2. The fraction of sp³-hybridized carbons (Fsp3) is 0.158. The highest BCUT2D eigenvalue weighted by Gasteiger charge is 2.17. The van der Waals surface area contributed by atoms with Crippen LogP contribution in [0.15, 0.2) is 48.5 Å². The van der Waals surface area contributed by atoms with Crippen molar-refractivity contribution in [2.45, 2.75) is 20.1 Å². The van der Waals surface area contributed by atoms with Crippen molar-refractivity contribution in [1.82, 2.24) is 9.78 Å². The Hall–Kier alpha value is -3.28. The van der Waals surface area contributed by atoms with Crippen molar-refractivity contribution in [1.29, 1.82) is 0 Å². The van der Waals surface area contributed by atoms with Crippen molar-refractivity contribution in [3.05, 3.63) is 59.8 Å². The molecule has 0 aliphatic carbocycles. The Morgan fingerprint density at radius 3 is 2.92 bits per heavy atom. The number of fused-ring (bicyclic) bond motifs is 2. The molecule has 0 atom stereocenters. The second-order valence-corrected chi connectivity index (χ2v) is 6.10. The zero-order chi connectivity index (χ0) is 17.4. The normalized spacial score (nSPS) is 12.5. The summed E-state index contributed by atoms with van der Waals surface area (Å²) in [5.74, 6) is 0.663. The molecule has 6 heteroatoms. The molecule has 25 heavy (non-hydrogen) atoms. The molecule has 2 aromatic carbocycles. The number of amides is 1. The highest BCUT2D eigenvalue weighted by Crippen LogP contribution is 2.30. The van der Waals surface area contributed by atoms with E-state index in [0.717, 1.165) is 34.0 Å². The minimum absolute atomic E-state index is 0.103. The lowest BCUT2D eigenvalue weighted by Gasteiger charge is -2.09. The highest BCUT2D eigenvalue weighted by molar-refractivity contribution is 5.88. The van der Waals surface area contributed by atoms with Gasteiger partial charge in [-0.05, 0) is 24.3 Å². The Kier molecular flexibility index (Phi) is 3.65. The number of nitrogens with two attached hydrogens (primary N) is 1. The van der Waals surface area contributed by atoms with Crippen molar-refractivity contribution >= 4 is 17.3 Å². The number of carbonyl (C=O) groups excluding carboxylic acids is 1. The first-order chi connectivity index (χ1) is 12.1. The second-order valence-electron chi connectivity index (χ2n) is 6.10. The maximum absolute atomic E-state index is 11.2. The van der Waals surface area contributed by atoms with E-state index in [-0.39, 0.29) is 5.91 Å². The molecular weight excluding hydrogens is 316 g/mol. The SMILES string of the molecule is CC(=O)Nc1ccc2c(c1)OCc1cc(-c3cccc(N)c3)nn1C2. The van der Waals surface area contributed by atoms with Crippen LogP contribution in [0.5, 0.6) is 5.75 Å². The maximum atomic E-state index is 11.2. The number of nitrogens with zero attached hydrogens (tertiary/aromatic N) is 2. The number of hydrogen-bond donors (Lipinski definition) is 2. The van der Waals surface area contributed by atoms with Crippen molar-refractivity contribution in [2.75, 3.05) is 11.1 Å². The van der Waals surface area contributed by atoms with Gasteiger partial charge in [0.25, 0.3) is 0 Å². The van der Waals surface area contributed by atoms with Crippen molar-refractivity contribution in [2.24, 2.45) is 0 Å². The molecule has 6 nitrogen and oxygen atoms in total. The molecular formula is C19H18N4O2. The first-order valence-electron chi connectivity index (χ1n) is 8.04.